The minimum atomic E-state index is -0.0315. The molecule has 90 valence electrons. The van der Waals surface area contributed by atoms with Gasteiger partial charge in [0.05, 0.1) is 0 Å². The third-order valence-corrected chi connectivity index (χ3v) is 3.42. The maximum Gasteiger partial charge on any atom is 0.251 e. The zero-order valence-corrected chi connectivity index (χ0v) is 10.5. The molecule has 0 radical (unpaired) electrons. The van der Waals surface area contributed by atoms with Crippen molar-refractivity contribution in [3.05, 3.63) is 58.6 Å². The Morgan fingerprint density at radius 1 is 1.06 bits per heavy atom. The summed E-state index contributed by atoms with van der Waals surface area (Å²) in [5.74, 6) is -0.0315. The second-order valence-electron chi connectivity index (χ2n) is 4.35. The van der Waals surface area contributed by atoms with E-state index in [-0.39, 0.29) is 5.91 Å². The second kappa shape index (κ2) is 4.46. The Hall–Kier alpha value is -1.80. The van der Waals surface area contributed by atoms with Crippen LogP contribution in [-0.2, 0) is 6.42 Å². The molecule has 1 N–H and O–H groups in total. The van der Waals surface area contributed by atoms with Crippen LogP contribution in [-0.4, -0.2) is 12.5 Å². The number of rotatable bonds is 1. The molecule has 2 nitrogen and oxygen atoms in total. The van der Waals surface area contributed by atoms with Gasteiger partial charge in [0.25, 0.3) is 5.91 Å². The topological polar surface area (TPSA) is 29.1 Å². The highest BCUT2D eigenvalue weighted by atomic mass is 35.5. The van der Waals surface area contributed by atoms with Crippen molar-refractivity contribution in [1.29, 1.82) is 0 Å². The Balaban J connectivity index is 2.24. The summed E-state index contributed by atoms with van der Waals surface area (Å²) in [5, 5.41) is 3.45. The molecule has 0 aromatic heterocycles. The van der Waals surface area contributed by atoms with Crippen molar-refractivity contribution in [3.8, 4) is 11.1 Å². The van der Waals surface area contributed by atoms with Crippen molar-refractivity contribution in [2.24, 2.45) is 0 Å². The Kier molecular flexibility index (Phi) is 2.80. The van der Waals surface area contributed by atoms with Crippen LogP contribution in [0.5, 0.6) is 0 Å². The molecule has 3 heteroatoms. The molecule has 0 aliphatic carbocycles. The molecule has 0 bridgehead atoms. The van der Waals surface area contributed by atoms with Crippen LogP contribution in [0, 0.1) is 0 Å². The first kappa shape index (κ1) is 11.3. The lowest BCUT2D eigenvalue weighted by Crippen LogP contribution is -2.32. The smallest absolute Gasteiger partial charge is 0.251 e. The quantitative estimate of drug-likeness (QED) is 0.835. The molecule has 0 saturated heterocycles. The van der Waals surface area contributed by atoms with Gasteiger partial charge in [0.15, 0.2) is 0 Å². The van der Waals surface area contributed by atoms with Crippen molar-refractivity contribution in [2.45, 2.75) is 6.42 Å². The predicted molar refractivity (Wildman–Crippen MR) is 72.9 cm³/mol. The lowest BCUT2D eigenvalue weighted by Gasteiger charge is -2.20. The van der Waals surface area contributed by atoms with E-state index in [9.17, 15) is 4.79 Å². The molecular weight excluding hydrogens is 246 g/mol. The number of carbonyl (C=O) groups excluding carboxylic acids is 1. The molecular formula is C15H12ClNO. The standard InChI is InChI=1S/C15H12ClNO/c16-11-8-13(10-4-2-1-3-5-10)12-6-7-17-15(18)14(12)9-11/h1-5,8-9H,6-7H2,(H,17,18). The number of fused-ring (bicyclic) bond motifs is 1. The fraction of sp³-hybridized carbons (Fsp3) is 0.133. The number of nitrogens with one attached hydrogen (secondary N) is 1. The molecule has 0 fully saturated rings. The van der Waals surface area contributed by atoms with Crippen LogP contribution >= 0.6 is 11.6 Å². The van der Waals surface area contributed by atoms with Crippen LogP contribution in [0.3, 0.4) is 0 Å². The minimum absolute atomic E-state index is 0.0315. The van der Waals surface area contributed by atoms with E-state index in [0.29, 0.717) is 17.1 Å². The zero-order chi connectivity index (χ0) is 12.5. The largest absolute Gasteiger partial charge is 0.352 e. The molecule has 1 heterocycles. The summed E-state index contributed by atoms with van der Waals surface area (Å²) in [4.78, 5) is 11.9. The van der Waals surface area contributed by atoms with Crippen LogP contribution in [0.4, 0.5) is 0 Å². The average molecular weight is 258 g/mol. The third kappa shape index (κ3) is 1.89. The molecule has 2 aromatic rings. The van der Waals surface area contributed by atoms with E-state index < -0.39 is 0 Å². The summed E-state index contributed by atoms with van der Waals surface area (Å²) in [7, 11) is 0. The summed E-state index contributed by atoms with van der Waals surface area (Å²) in [5.41, 5.74) is 3.96. The van der Waals surface area contributed by atoms with Crippen LogP contribution in [0.2, 0.25) is 5.02 Å². The van der Waals surface area contributed by atoms with E-state index in [4.69, 9.17) is 11.6 Å². The molecule has 0 spiro atoms. The Morgan fingerprint density at radius 2 is 1.78 bits per heavy atom. The monoisotopic (exact) mass is 257 g/mol. The molecule has 0 saturated carbocycles. The van der Waals surface area contributed by atoms with Crippen LogP contribution < -0.4 is 5.32 Å². The fourth-order valence-corrected chi connectivity index (χ4v) is 2.60. The van der Waals surface area contributed by atoms with Crippen molar-refractivity contribution >= 4 is 17.5 Å². The summed E-state index contributed by atoms with van der Waals surface area (Å²) in [6.07, 6.45) is 0.850. The van der Waals surface area contributed by atoms with Gasteiger partial charge in [-0.3, -0.25) is 4.79 Å². The van der Waals surface area contributed by atoms with Crippen molar-refractivity contribution in [2.75, 3.05) is 6.54 Å². The van der Waals surface area contributed by atoms with Gasteiger partial charge in [0.1, 0.15) is 0 Å². The lowest BCUT2D eigenvalue weighted by atomic mass is 9.91. The molecule has 0 atom stereocenters. The van der Waals surface area contributed by atoms with E-state index in [2.05, 4.69) is 5.32 Å². The Morgan fingerprint density at radius 3 is 2.56 bits per heavy atom. The number of benzene rings is 2. The van der Waals surface area contributed by atoms with E-state index in [1.165, 1.54) is 0 Å². The number of hydrogen-bond acceptors (Lipinski definition) is 1. The van der Waals surface area contributed by atoms with Gasteiger partial charge in [-0.15, -0.1) is 0 Å². The number of carbonyl (C=O) groups is 1. The lowest BCUT2D eigenvalue weighted by molar-refractivity contribution is 0.0946. The van der Waals surface area contributed by atoms with Gasteiger partial charge >= 0.3 is 0 Å². The highest BCUT2D eigenvalue weighted by molar-refractivity contribution is 6.31. The van der Waals surface area contributed by atoms with E-state index in [1.54, 1.807) is 6.07 Å². The molecule has 0 unspecified atom stereocenters. The van der Waals surface area contributed by atoms with Gasteiger partial charge in [0.2, 0.25) is 0 Å². The predicted octanol–water partition coefficient (Wildman–Crippen LogP) is 3.29. The van der Waals surface area contributed by atoms with Crippen LogP contribution in [0.15, 0.2) is 42.5 Å². The van der Waals surface area contributed by atoms with Gasteiger partial charge < -0.3 is 5.32 Å². The van der Waals surface area contributed by atoms with Crippen LogP contribution in [0.1, 0.15) is 15.9 Å². The van der Waals surface area contributed by atoms with E-state index in [0.717, 1.165) is 23.1 Å². The van der Waals surface area contributed by atoms with Gasteiger partial charge in [-0.05, 0) is 35.2 Å². The van der Waals surface area contributed by atoms with Gasteiger partial charge in [-0.25, -0.2) is 0 Å². The average Bonchev–Trinajstić information content (AvgIpc) is 2.40. The molecule has 2 aromatic carbocycles. The van der Waals surface area contributed by atoms with Gasteiger partial charge in [-0.1, -0.05) is 41.9 Å². The highest BCUT2D eigenvalue weighted by Gasteiger charge is 2.20. The molecule has 18 heavy (non-hydrogen) atoms. The van der Waals surface area contributed by atoms with Crippen molar-refractivity contribution in [1.82, 2.24) is 5.32 Å². The van der Waals surface area contributed by atoms with E-state index in [1.807, 2.05) is 36.4 Å². The summed E-state index contributed by atoms with van der Waals surface area (Å²) >= 11 is 6.12. The number of hydrogen-bond donors (Lipinski definition) is 1. The maximum atomic E-state index is 11.9. The van der Waals surface area contributed by atoms with Crippen molar-refractivity contribution in [3.63, 3.8) is 0 Å². The first-order chi connectivity index (χ1) is 8.75. The minimum Gasteiger partial charge on any atom is -0.352 e. The van der Waals surface area contributed by atoms with E-state index >= 15 is 0 Å². The normalized spacial score (nSPS) is 13.9. The summed E-state index contributed by atoms with van der Waals surface area (Å²) < 4.78 is 0. The molecule has 1 aliphatic rings. The first-order valence-corrected chi connectivity index (χ1v) is 6.29. The maximum absolute atomic E-state index is 11.9. The number of halogens is 1. The van der Waals surface area contributed by atoms with Crippen molar-refractivity contribution < 1.29 is 4.79 Å². The highest BCUT2D eigenvalue weighted by Crippen LogP contribution is 2.31. The molecule has 3 rings (SSSR count). The Labute approximate surface area is 111 Å². The Bertz CT molecular complexity index is 607. The second-order valence-corrected chi connectivity index (χ2v) is 4.79. The van der Waals surface area contributed by atoms with Gasteiger partial charge in [-0.2, -0.15) is 0 Å². The summed E-state index contributed by atoms with van der Waals surface area (Å²) in [6.45, 7) is 0.688. The van der Waals surface area contributed by atoms with Gasteiger partial charge in [0, 0.05) is 17.1 Å². The third-order valence-electron chi connectivity index (χ3n) is 3.20. The SMILES string of the molecule is O=C1NCCc2c1cc(Cl)cc2-c1ccccc1. The number of amides is 1. The van der Waals surface area contributed by atoms with Crippen LogP contribution in [0.25, 0.3) is 11.1 Å². The fourth-order valence-electron chi connectivity index (χ4n) is 2.38. The first-order valence-electron chi connectivity index (χ1n) is 5.92. The molecule has 1 aliphatic heterocycles. The molecule has 1 amide bonds. The zero-order valence-electron chi connectivity index (χ0n) is 9.74. The summed E-state index contributed by atoms with van der Waals surface area (Å²) in [6, 6.07) is 13.7.